The molecule has 12 heteroatoms. The fourth-order valence-electron chi connectivity index (χ4n) is 2.81. The molecule has 3 aromatic carbocycles. The van der Waals surface area contributed by atoms with Crippen LogP contribution in [0.25, 0.3) is 0 Å². The van der Waals surface area contributed by atoms with Gasteiger partial charge in [-0.3, -0.25) is 20.3 Å². The van der Waals surface area contributed by atoms with E-state index < -0.39 is 20.6 Å². The second-order valence-corrected chi connectivity index (χ2v) is 8.23. The molecule has 3 rings (SSSR count). The summed E-state index contributed by atoms with van der Waals surface area (Å²) in [6, 6.07) is 14.3. The van der Waals surface area contributed by atoms with E-state index in [0.29, 0.717) is 11.3 Å². The summed E-state index contributed by atoms with van der Waals surface area (Å²) in [4.78, 5) is 10.5. The molecule has 0 spiro atoms. The Labute approximate surface area is 189 Å². The van der Waals surface area contributed by atoms with Crippen molar-refractivity contribution in [2.24, 2.45) is 5.10 Å². The smallest absolute Gasteiger partial charge is 0.295 e. The molecule has 0 radical (unpaired) electrons. The Morgan fingerprint density at radius 2 is 1.73 bits per heavy atom. The molecule has 0 saturated carbocycles. The number of para-hydroxylation sites is 2. The van der Waals surface area contributed by atoms with Crippen molar-refractivity contribution in [3.63, 3.8) is 0 Å². The van der Waals surface area contributed by atoms with E-state index in [9.17, 15) is 23.6 Å². The van der Waals surface area contributed by atoms with Gasteiger partial charge in [0.1, 0.15) is 11.4 Å². The lowest BCUT2D eigenvalue weighted by molar-refractivity contribution is -0.384. The molecule has 0 aliphatic rings. The molecule has 172 valence electrons. The van der Waals surface area contributed by atoms with Crippen LogP contribution in [-0.2, 0) is 10.0 Å². The van der Waals surface area contributed by atoms with Gasteiger partial charge in [0.2, 0.25) is 0 Å². The average molecular weight is 472 g/mol. The minimum absolute atomic E-state index is 0.0155. The summed E-state index contributed by atoms with van der Waals surface area (Å²) in [5, 5.41) is 25.1. The molecular formula is C21H20N4O7S. The molecular weight excluding hydrogens is 452 g/mol. The van der Waals surface area contributed by atoms with E-state index in [2.05, 4.69) is 15.2 Å². The monoisotopic (exact) mass is 472 g/mol. The Morgan fingerprint density at radius 3 is 2.42 bits per heavy atom. The number of nitro benzene ring substituents is 1. The third kappa shape index (κ3) is 5.49. The lowest BCUT2D eigenvalue weighted by Crippen LogP contribution is -2.14. The number of nitrogens with one attached hydrogen (secondary N) is 2. The molecule has 0 amide bonds. The fraction of sp³-hybridized carbons (Fsp3) is 0.0952. The number of rotatable bonds is 9. The summed E-state index contributed by atoms with van der Waals surface area (Å²) in [5.74, 6) is 0.493. The van der Waals surface area contributed by atoms with Crippen LogP contribution >= 0.6 is 0 Å². The second kappa shape index (κ2) is 9.87. The molecule has 3 N–H and O–H groups in total. The number of nitrogens with zero attached hydrogens (tertiary/aromatic N) is 2. The van der Waals surface area contributed by atoms with E-state index in [1.54, 1.807) is 24.3 Å². The van der Waals surface area contributed by atoms with Crippen molar-refractivity contribution in [1.29, 1.82) is 0 Å². The van der Waals surface area contributed by atoms with Gasteiger partial charge in [-0.2, -0.15) is 5.10 Å². The van der Waals surface area contributed by atoms with Crippen molar-refractivity contribution < 1.29 is 27.9 Å². The third-order valence-electron chi connectivity index (χ3n) is 4.43. The van der Waals surface area contributed by atoms with E-state index in [0.717, 1.165) is 6.07 Å². The van der Waals surface area contributed by atoms with Crippen LogP contribution in [0.2, 0.25) is 0 Å². The first-order valence-electron chi connectivity index (χ1n) is 9.35. The maximum atomic E-state index is 12.8. The summed E-state index contributed by atoms with van der Waals surface area (Å²) in [6.45, 7) is 0. The Bertz CT molecular complexity index is 1310. The summed E-state index contributed by atoms with van der Waals surface area (Å²) in [6.07, 6.45) is 1.36. The van der Waals surface area contributed by atoms with Gasteiger partial charge in [0.25, 0.3) is 15.7 Å². The Morgan fingerprint density at radius 1 is 1.00 bits per heavy atom. The molecule has 33 heavy (non-hydrogen) atoms. The van der Waals surface area contributed by atoms with Crippen molar-refractivity contribution in [2.75, 3.05) is 24.4 Å². The Kier molecular flexibility index (Phi) is 6.98. The minimum atomic E-state index is -4.13. The SMILES string of the molecule is COc1cc(/C=N/Nc2ccc(S(=O)(=O)Nc3ccccc3OC)cc2[N+](=O)[O-])ccc1O. The highest BCUT2D eigenvalue weighted by molar-refractivity contribution is 7.92. The van der Waals surface area contributed by atoms with E-state index in [-0.39, 0.29) is 27.8 Å². The second-order valence-electron chi connectivity index (χ2n) is 6.54. The van der Waals surface area contributed by atoms with Crippen LogP contribution in [-0.4, -0.2) is 38.9 Å². The predicted octanol–water partition coefficient (Wildman–Crippen LogP) is 3.56. The predicted molar refractivity (Wildman–Crippen MR) is 123 cm³/mol. The summed E-state index contributed by atoms with van der Waals surface area (Å²) in [5.41, 5.74) is 2.78. The highest BCUT2D eigenvalue weighted by Gasteiger charge is 2.22. The molecule has 0 atom stereocenters. The van der Waals surface area contributed by atoms with Crippen LogP contribution in [0.5, 0.6) is 17.2 Å². The number of anilines is 2. The van der Waals surface area contributed by atoms with E-state index >= 15 is 0 Å². The summed E-state index contributed by atoms with van der Waals surface area (Å²) < 4.78 is 38.0. The van der Waals surface area contributed by atoms with Gasteiger partial charge in [0.05, 0.1) is 35.9 Å². The number of phenolic OH excluding ortho intramolecular Hbond substituents is 1. The number of aromatic hydroxyl groups is 1. The molecule has 0 unspecified atom stereocenters. The number of nitro groups is 1. The van der Waals surface area contributed by atoms with Crippen molar-refractivity contribution in [1.82, 2.24) is 0 Å². The Balaban J connectivity index is 1.85. The number of hydrogen-bond acceptors (Lipinski definition) is 9. The van der Waals surface area contributed by atoms with Crippen molar-refractivity contribution in [2.45, 2.75) is 4.90 Å². The maximum absolute atomic E-state index is 12.8. The largest absolute Gasteiger partial charge is 0.504 e. The van der Waals surface area contributed by atoms with Gasteiger partial charge in [-0.25, -0.2) is 8.42 Å². The number of benzene rings is 3. The average Bonchev–Trinajstić information content (AvgIpc) is 2.80. The topological polar surface area (TPSA) is 152 Å². The highest BCUT2D eigenvalue weighted by Crippen LogP contribution is 2.31. The molecule has 0 bridgehead atoms. The van der Waals surface area contributed by atoms with Gasteiger partial charge in [-0.05, 0) is 48.0 Å². The van der Waals surface area contributed by atoms with Crippen molar-refractivity contribution in [3.05, 3.63) is 76.3 Å². The van der Waals surface area contributed by atoms with E-state index in [1.165, 1.54) is 50.8 Å². The zero-order valence-electron chi connectivity index (χ0n) is 17.6. The lowest BCUT2D eigenvalue weighted by atomic mass is 10.2. The molecule has 0 aromatic heterocycles. The van der Waals surface area contributed by atoms with Gasteiger partial charge in [-0.15, -0.1) is 0 Å². The van der Waals surface area contributed by atoms with Crippen LogP contribution in [0.15, 0.2) is 70.7 Å². The molecule has 3 aromatic rings. The van der Waals surface area contributed by atoms with Gasteiger partial charge in [0.15, 0.2) is 11.5 Å². The van der Waals surface area contributed by atoms with Crippen LogP contribution in [0.4, 0.5) is 17.1 Å². The maximum Gasteiger partial charge on any atom is 0.295 e. The van der Waals surface area contributed by atoms with Gasteiger partial charge in [0, 0.05) is 6.07 Å². The quantitative estimate of drug-likeness (QED) is 0.243. The zero-order chi connectivity index (χ0) is 24.0. The first kappa shape index (κ1) is 23.3. The minimum Gasteiger partial charge on any atom is -0.504 e. The van der Waals surface area contributed by atoms with Crippen molar-refractivity contribution in [3.8, 4) is 17.2 Å². The number of hydrogen-bond donors (Lipinski definition) is 3. The first-order chi connectivity index (χ1) is 15.7. The summed E-state index contributed by atoms with van der Waals surface area (Å²) in [7, 11) is -1.34. The normalized spacial score (nSPS) is 11.2. The van der Waals surface area contributed by atoms with Crippen LogP contribution in [0.3, 0.4) is 0 Å². The van der Waals surface area contributed by atoms with Gasteiger partial charge < -0.3 is 14.6 Å². The summed E-state index contributed by atoms with van der Waals surface area (Å²) >= 11 is 0. The number of sulfonamides is 1. The Hall–Kier alpha value is -4.32. The van der Waals surface area contributed by atoms with E-state index in [4.69, 9.17) is 9.47 Å². The van der Waals surface area contributed by atoms with Crippen LogP contribution in [0, 0.1) is 10.1 Å². The molecule has 0 aliphatic heterocycles. The molecule has 11 nitrogen and oxygen atoms in total. The first-order valence-corrected chi connectivity index (χ1v) is 10.8. The van der Waals surface area contributed by atoms with Crippen LogP contribution < -0.4 is 19.6 Å². The molecule has 0 heterocycles. The lowest BCUT2D eigenvalue weighted by Gasteiger charge is -2.12. The number of hydrazone groups is 1. The van der Waals surface area contributed by atoms with Crippen molar-refractivity contribution >= 4 is 33.3 Å². The van der Waals surface area contributed by atoms with Crippen LogP contribution in [0.1, 0.15) is 5.56 Å². The number of ether oxygens (including phenoxy) is 2. The number of phenols is 1. The van der Waals surface area contributed by atoms with Gasteiger partial charge >= 0.3 is 0 Å². The standard InChI is InChI=1S/C21H20N4O7S/c1-31-20-6-4-3-5-17(20)24-33(29,30)15-8-9-16(18(12-15)25(27)28)23-22-13-14-7-10-19(26)21(11-14)32-2/h3-13,23-24,26H,1-2H3/b22-13+. The molecule has 0 fully saturated rings. The third-order valence-corrected chi connectivity index (χ3v) is 5.79. The number of methoxy groups -OCH3 is 2. The highest BCUT2D eigenvalue weighted by atomic mass is 32.2. The molecule has 0 saturated heterocycles. The zero-order valence-corrected chi connectivity index (χ0v) is 18.4. The van der Waals surface area contributed by atoms with E-state index in [1.807, 2.05) is 0 Å². The van der Waals surface area contributed by atoms with Gasteiger partial charge in [-0.1, -0.05) is 12.1 Å². The molecule has 0 aliphatic carbocycles. The fourth-order valence-corrected chi connectivity index (χ4v) is 3.90.